The van der Waals surface area contributed by atoms with Crippen molar-refractivity contribution in [1.29, 1.82) is 0 Å². The molecule has 2 atom stereocenters. The van der Waals surface area contributed by atoms with E-state index >= 15 is 0 Å². The number of allylic oxidation sites excluding steroid dienone is 2. The number of hydrogen-bond acceptors (Lipinski definition) is 5. The van der Waals surface area contributed by atoms with E-state index in [2.05, 4.69) is 0 Å². The molecule has 6 heteroatoms. The van der Waals surface area contributed by atoms with Gasteiger partial charge in [0.15, 0.2) is 11.3 Å². The number of carbonyl (C=O) groups is 2. The number of ether oxygens (including phenoxy) is 1. The maximum atomic E-state index is 11.7. The Bertz CT molecular complexity index is 411. The summed E-state index contributed by atoms with van der Waals surface area (Å²) < 4.78 is 5.18. The van der Waals surface area contributed by atoms with E-state index in [0.29, 0.717) is 12.8 Å². The fourth-order valence-electron chi connectivity index (χ4n) is 2.08. The molecule has 6 nitrogen and oxygen atoms in total. The number of hydrogen-bond donors (Lipinski definition) is 1. The second-order valence-corrected chi connectivity index (χ2v) is 5.40. The number of aliphatic hydroxyl groups is 1. The third kappa shape index (κ3) is 3.07. The van der Waals surface area contributed by atoms with Crippen molar-refractivity contribution in [1.82, 2.24) is 4.90 Å². The molecule has 1 amide bonds. The van der Waals surface area contributed by atoms with Gasteiger partial charge in [-0.15, -0.1) is 0 Å². The Morgan fingerprint density at radius 1 is 1.47 bits per heavy atom. The van der Waals surface area contributed by atoms with Crippen molar-refractivity contribution in [2.45, 2.75) is 51.9 Å². The van der Waals surface area contributed by atoms with Gasteiger partial charge < -0.3 is 19.7 Å². The van der Waals surface area contributed by atoms with Gasteiger partial charge in [-0.05, 0) is 40.5 Å². The number of cyclic esters (lactones) is 1. The molecule has 0 aromatic heterocycles. The van der Waals surface area contributed by atoms with Crippen molar-refractivity contribution in [2.75, 3.05) is 6.54 Å². The molecule has 0 bridgehead atoms. The molecule has 0 aliphatic carbocycles. The molecule has 0 aromatic carbocycles. The summed E-state index contributed by atoms with van der Waals surface area (Å²) in [7, 11) is 0. The Morgan fingerprint density at radius 3 is 2.53 bits per heavy atom. The SMILES string of the molecule is CC(C)=CCC[C@]1(C)OC(=O)N(CC(=O)[O-])[C@]1(C)O. The van der Waals surface area contributed by atoms with E-state index in [1.807, 2.05) is 19.9 Å². The Kier molecular flexibility index (Phi) is 4.25. The van der Waals surface area contributed by atoms with Crippen LogP contribution in [-0.2, 0) is 9.53 Å². The third-order valence-corrected chi connectivity index (χ3v) is 3.52. The summed E-state index contributed by atoms with van der Waals surface area (Å²) in [6.45, 7) is 6.18. The van der Waals surface area contributed by atoms with Crippen LogP contribution in [0.25, 0.3) is 0 Å². The Labute approximate surface area is 112 Å². The fraction of sp³-hybridized carbons (Fsp3) is 0.692. The van der Waals surface area contributed by atoms with Crippen LogP contribution in [0.2, 0.25) is 0 Å². The summed E-state index contributed by atoms with van der Waals surface area (Å²) in [6, 6.07) is 0. The second kappa shape index (κ2) is 5.21. The van der Waals surface area contributed by atoms with Crippen molar-refractivity contribution in [3.63, 3.8) is 0 Å². The number of rotatable bonds is 5. The van der Waals surface area contributed by atoms with Gasteiger partial charge in [-0.1, -0.05) is 11.6 Å². The van der Waals surface area contributed by atoms with Gasteiger partial charge in [-0.25, -0.2) is 4.79 Å². The molecule has 1 N–H and O–H groups in total. The molecular formula is C13H20NO5-. The summed E-state index contributed by atoms with van der Waals surface area (Å²) in [5, 5.41) is 21.0. The molecule has 1 saturated heterocycles. The Morgan fingerprint density at radius 2 is 2.05 bits per heavy atom. The van der Waals surface area contributed by atoms with Crippen LogP contribution in [0.1, 0.15) is 40.5 Å². The van der Waals surface area contributed by atoms with Gasteiger partial charge in [0.2, 0.25) is 0 Å². The zero-order chi connectivity index (χ0) is 14.8. The fourth-order valence-corrected chi connectivity index (χ4v) is 2.08. The second-order valence-electron chi connectivity index (χ2n) is 5.40. The highest BCUT2D eigenvalue weighted by atomic mass is 16.6. The van der Waals surface area contributed by atoms with Crippen LogP contribution in [0.4, 0.5) is 4.79 Å². The molecular weight excluding hydrogens is 250 g/mol. The summed E-state index contributed by atoms with van der Waals surface area (Å²) in [6.07, 6.45) is 2.16. The lowest BCUT2D eigenvalue weighted by atomic mass is 9.88. The molecule has 0 radical (unpaired) electrons. The normalized spacial score (nSPS) is 30.2. The van der Waals surface area contributed by atoms with Gasteiger partial charge in [-0.2, -0.15) is 0 Å². The van der Waals surface area contributed by atoms with Crippen LogP contribution in [-0.4, -0.2) is 39.9 Å². The van der Waals surface area contributed by atoms with Crippen LogP contribution in [0.5, 0.6) is 0 Å². The maximum Gasteiger partial charge on any atom is 0.413 e. The van der Waals surface area contributed by atoms with Crippen molar-refractivity contribution < 1.29 is 24.5 Å². The summed E-state index contributed by atoms with van der Waals surface area (Å²) in [5.74, 6) is -1.44. The number of amides is 1. The van der Waals surface area contributed by atoms with Crippen molar-refractivity contribution in [2.24, 2.45) is 0 Å². The zero-order valence-electron chi connectivity index (χ0n) is 11.7. The summed E-state index contributed by atoms with van der Waals surface area (Å²) >= 11 is 0. The van der Waals surface area contributed by atoms with Crippen LogP contribution < -0.4 is 5.11 Å². The molecule has 108 valence electrons. The summed E-state index contributed by atoms with van der Waals surface area (Å²) in [4.78, 5) is 23.1. The number of aliphatic carboxylic acids is 1. The smallest absolute Gasteiger partial charge is 0.413 e. The van der Waals surface area contributed by atoms with Gasteiger partial charge in [0.05, 0.1) is 12.5 Å². The van der Waals surface area contributed by atoms with Crippen LogP contribution >= 0.6 is 0 Å². The van der Waals surface area contributed by atoms with Gasteiger partial charge in [-0.3, -0.25) is 4.90 Å². The first-order valence-corrected chi connectivity index (χ1v) is 6.16. The highest BCUT2D eigenvalue weighted by molar-refractivity contribution is 5.78. The average Bonchev–Trinajstić information content (AvgIpc) is 2.38. The van der Waals surface area contributed by atoms with Crippen molar-refractivity contribution in [3.8, 4) is 0 Å². The first-order valence-electron chi connectivity index (χ1n) is 6.16. The number of carboxylic acid groups (broad SMARTS) is 1. The minimum atomic E-state index is -1.68. The number of carboxylic acids is 1. The quantitative estimate of drug-likeness (QED) is 0.730. The van der Waals surface area contributed by atoms with Crippen LogP contribution in [0.3, 0.4) is 0 Å². The lowest BCUT2D eigenvalue weighted by Crippen LogP contribution is -2.57. The van der Waals surface area contributed by atoms with E-state index in [0.717, 1.165) is 10.5 Å². The predicted molar refractivity (Wildman–Crippen MR) is 65.9 cm³/mol. The van der Waals surface area contributed by atoms with Gasteiger partial charge >= 0.3 is 6.09 Å². The van der Waals surface area contributed by atoms with E-state index in [4.69, 9.17) is 4.74 Å². The average molecular weight is 270 g/mol. The van der Waals surface area contributed by atoms with E-state index in [1.165, 1.54) is 6.92 Å². The highest BCUT2D eigenvalue weighted by Gasteiger charge is 2.58. The van der Waals surface area contributed by atoms with Gasteiger partial charge in [0, 0.05) is 0 Å². The molecule has 0 unspecified atom stereocenters. The molecule has 1 rings (SSSR count). The van der Waals surface area contributed by atoms with Crippen molar-refractivity contribution >= 4 is 12.1 Å². The zero-order valence-corrected chi connectivity index (χ0v) is 11.7. The first kappa shape index (κ1) is 15.5. The van der Waals surface area contributed by atoms with Crippen LogP contribution in [0.15, 0.2) is 11.6 Å². The lowest BCUT2D eigenvalue weighted by Gasteiger charge is -2.37. The number of carbonyl (C=O) groups excluding carboxylic acids is 2. The molecule has 1 aliphatic heterocycles. The topological polar surface area (TPSA) is 89.9 Å². The van der Waals surface area contributed by atoms with Crippen LogP contribution in [0, 0.1) is 0 Å². The van der Waals surface area contributed by atoms with Gasteiger partial charge in [0.1, 0.15) is 0 Å². The summed E-state index contributed by atoms with van der Waals surface area (Å²) in [5.41, 5.74) is -1.70. The van der Waals surface area contributed by atoms with E-state index in [1.54, 1.807) is 6.92 Å². The molecule has 19 heavy (non-hydrogen) atoms. The standard InChI is InChI=1S/C13H21NO5/c1-9(2)6-5-7-12(3)13(4,18)14(8-10(15)16)11(17)19-12/h6,18H,5,7-8H2,1-4H3,(H,15,16)/p-1/t12-,13+/m0/s1. The van der Waals surface area contributed by atoms with E-state index < -0.39 is 29.9 Å². The maximum absolute atomic E-state index is 11.7. The lowest BCUT2D eigenvalue weighted by molar-refractivity contribution is -0.308. The highest BCUT2D eigenvalue weighted by Crippen LogP contribution is 2.40. The van der Waals surface area contributed by atoms with Gasteiger partial charge in [0.25, 0.3) is 0 Å². The largest absolute Gasteiger partial charge is 0.548 e. The van der Waals surface area contributed by atoms with E-state index in [9.17, 15) is 19.8 Å². The minimum Gasteiger partial charge on any atom is -0.548 e. The molecule has 0 spiro atoms. The molecule has 1 fully saturated rings. The molecule has 1 heterocycles. The minimum absolute atomic E-state index is 0.403. The predicted octanol–water partition coefficient (Wildman–Crippen LogP) is 0.402. The van der Waals surface area contributed by atoms with E-state index in [-0.39, 0.29) is 0 Å². The number of nitrogens with zero attached hydrogens (tertiary/aromatic N) is 1. The van der Waals surface area contributed by atoms with Crippen molar-refractivity contribution in [3.05, 3.63) is 11.6 Å². The first-order chi connectivity index (χ1) is 8.60. The third-order valence-electron chi connectivity index (χ3n) is 3.52. The molecule has 1 aliphatic rings. The molecule has 0 aromatic rings. The Hall–Kier alpha value is -1.56. The molecule has 0 saturated carbocycles. The Balaban J connectivity index is 2.88. The monoisotopic (exact) mass is 270 g/mol.